The fourth-order valence-corrected chi connectivity index (χ4v) is 4.69. The first kappa shape index (κ1) is 21.7. The number of ether oxygens (including phenoxy) is 2. The van der Waals surface area contributed by atoms with Gasteiger partial charge in [-0.25, -0.2) is 0 Å². The zero-order valence-electron chi connectivity index (χ0n) is 19.2. The molecule has 1 fully saturated rings. The number of carbonyl (C=O) groups excluding carboxylic acids is 2. The maximum Gasteiger partial charge on any atom is 0.248 e. The molecule has 1 aromatic heterocycles. The summed E-state index contributed by atoms with van der Waals surface area (Å²) in [6.45, 7) is 10.3. The lowest BCUT2D eigenvalue weighted by molar-refractivity contribution is -0.157. The van der Waals surface area contributed by atoms with Crippen LogP contribution < -0.4 is 10.1 Å². The Balaban J connectivity index is 1.75. The number of nitrogens with zero attached hydrogens (tertiary/aromatic N) is 1. The fraction of sp³-hybridized carbons (Fsp3) is 0.583. The highest BCUT2D eigenvalue weighted by molar-refractivity contribution is 5.99. The average molecular weight is 428 g/mol. The van der Waals surface area contributed by atoms with Gasteiger partial charge in [0.15, 0.2) is 0 Å². The molecule has 0 saturated carbocycles. The minimum atomic E-state index is -0.663. The van der Waals surface area contributed by atoms with E-state index in [4.69, 9.17) is 9.47 Å². The third-order valence-electron chi connectivity index (χ3n) is 6.10. The first-order valence-corrected chi connectivity index (χ1v) is 11.0. The molecule has 3 heterocycles. The largest absolute Gasteiger partial charge is 0.497 e. The van der Waals surface area contributed by atoms with Gasteiger partial charge < -0.3 is 24.7 Å². The number of methoxy groups -OCH3 is 1. The molecule has 0 unspecified atom stereocenters. The van der Waals surface area contributed by atoms with Gasteiger partial charge in [-0.1, -0.05) is 13.8 Å². The highest BCUT2D eigenvalue weighted by atomic mass is 16.5. The quantitative estimate of drug-likeness (QED) is 0.767. The van der Waals surface area contributed by atoms with E-state index in [2.05, 4.69) is 24.1 Å². The summed E-state index contributed by atoms with van der Waals surface area (Å²) in [7, 11) is 1.65. The van der Waals surface area contributed by atoms with Gasteiger partial charge in [-0.05, 0) is 50.8 Å². The van der Waals surface area contributed by atoms with E-state index in [1.165, 1.54) is 0 Å². The van der Waals surface area contributed by atoms with Crippen LogP contribution >= 0.6 is 0 Å². The first-order chi connectivity index (χ1) is 14.6. The fourth-order valence-electron chi connectivity index (χ4n) is 4.69. The van der Waals surface area contributed by atoms with Gasteiger partial charge in [0.1, 0.15) is 17.8 Å². The Morgan fingerprint density at radius 3 is 2.61 bits per heavy atom. The summed E-state index contributed by atoms with van der Waals surface area (Å²) in [6, 6.07) is 4.60. The molecule has 0 bridgehead atoms. The van der Waals surface area contributed by atoms with Gasteiger partial charge in [-0.15, -0.1) is 0 Å². The van der Waals surface area contributed by atoms with E-state index in [0.29, 0.717) is 12.3 Å². The lowest BCUT2D eigenvalue weighted by atomic mass is 9.85. The molecule has 0 radical (unpaired) electrons. The normalized spacial score (nSPS) is 23.7. The van der Waals surface area contributed by atoms with Crippen LogP contribution in [-0.4, -0.2) is 53.1 Å². The van der Waals surface area contributed by atoms with Gasteiger partial charge in [0.05, 0.1) is 25.4 Å². The summed E-state index contributed by atoms with van der Waals surface area (Å²) >= 11 is 0. The molecular formula is C24H33N3O4. The van der Waals surface area contributed by atoms with Gasteiger partial charge in [0, 0.05) is 29.1 Å². The van der Waals surface area contributed by atoms with Crippen LogP contribution in [0.3, 0.4) is 0 Å². The minimum Gasteiger partial charge on any atom is -0.497 e. The molecule has 1 saturated heterocycles. The van der Waals surface area contributed by atoms with E-state index in [-0.39, 0.29) is 30.1 Å². The van der Waals surface area contributed by atoms with Gasteiger partial charge >= 0.3 is 0 Å². The molecule has 2 aliphatic heterocycles. The molecule has 4 rings (SSSR count). The van der Waals surface area contributed by atoms with Gasteiger partial charge in [-0.3, -0.25) is 9.59 Å². The average Bonchev–Trinajstić information content (AvgIpc) is 3.06. The second-order valence-corrected chi connectivity index (χ2v) is 10.0. The molecule has 1 aromatic carbocycles. The predicted octanol–water partition coefficient (Wildman–Crippen LogP) is 3.33. The summed E-state index contributed by atoms with van der Waals surface area (Å²) in [4.78, 5) is 32.0. The number of fused-ring (bicyclic) bond motifs is 4. The number of nitrogens with one attached hydrogen (secondary N) is 2. The van der Waals surface area contributed by atoms with Crippen LogP contribution in [0.5, 0.6) is 5.75 Å². The number of hydrogen-bond donors (Lipinski definition) is 2. The number of carbonyl (C=O) groups is 2. The van der Waals surface area contributed by atoms with E-state index in [1.807, 2.05) is 43.9 Å². The van der Waals surface area contributed by atoms with Crippen molar-refractivity contribution in [1.29, 1.82) is 0 Å². The maximum absolute atomic E-state index is 13.5. The monoisotopic (exact) mass is 427 g/mol. The van der Waals surface area contributed by atoms with Crippen molar-refractivity contribution in [3.05, 3.63) is 29.5 Å². The smallest absolute Gasteiger partial charge is 0.248 e. The Bertz CT molecular complexity index is 1000. The van der Waals surface area contributed by atoms with Crippen LogP contribution in [0.4, 0.5) is 0 Å². The predicted molar refractivity (Wildman–Crippen MR) is 119 cm³/mol. The Morgan fingerprint density at radius 1 is 1.23 bits per heavy atom. The summed E-state index contributed by atoms with van der Waals surface area (Å²) in [5.74, 6) is 0.961. The third kappa shape index (κ3) is 4.03. The Morgan fingerprint density at radius 2 is 1.97 bits per heavy atom. The number of H-pyrrole nitrogens is 1. The molecule has 3 atom stereocenters. The van der Waals surface area contributed by atoms with Crippen molar-refractivity contribution in [2.75, 3.05) is 13.7 Å². The van der Waals surface area contributed by atoms with Gasteiger partial charge in [0.2, 0.25) is 11.8 Å². The third-order valence-corrected chi connectivity index (χ3v) is 6.10. The second-order valence-electron chi connectivity index (χ2n) is 10.0. The van der Waals surface area contributed by atoms with Crippen LogP contribution in [0.25, 0.3) is 10.9 Å². The van der Waals surface area contributed by atoms with E-state index in [9.17, 15) is 9.59 Å². The number of aromatic nitrogens is 1. The first-order valence-electron chi connectivity index (χ1n) is 11.0. The number of aromatic amines is 1. The highest BCUT2D eigenvalue weighted by Crippen LogP contribution is 2.42. The zero-order chi connectivity index (χ0) is 22.5. The van der Waals surface area contributed by atoms with E-state index in [1.54, 1.807) is 7.11 Å². The van der Waals surface area contributed by atoms with Crippen molar-refractivity contribution in [2.24, 2.45) is 5.92 Å². The van der Waals surface area contributed by atoms with Crippen molar-refractivity contribution in [1.82, 2.24) is 15.2 Å². The molecule has 168 valence electrons. The number of benzene rings is 1. The molecule has 2 aliphatic rings. The van der Waals surface area contributed by atoms with Gasteiger partial charge in [0.25, 0.3) is 0 Å². The topological polar surface area (TPSA) is 83.7 Å². The molecule has 0 spiro atoms. The van der Waals surface area contributed by atoms with Crippen LogP contribution in [0.2, 0.25) is 0 Å². The Kier molecular flexibility index (Phi) is 5.50. The van der Waals surface area contributed by atoms with E-state index in [0.717, 1.165) is 34.3 Å². The summed E-state index contributed by atoms with van der Waals surface area (Å²) in [5.41, 5.74) is 2.74. The van der Waals surface area contributed by atoms with Crippen molar-refractivity contribution in [3.63, 3.8) is 0 Å². The molecule has 31 heavy (non-hydrogen) atoms. The van der Waals surface area contributed by atoms with Crippen LogP contribution in [0.1, 0.15) is 58.3 Å². The van der Waals surface area contributed by atoms with Gasteiger partial charge in [-0.2, -0.15) is 0 Å². The Labute approximate surface area is 183 Å². The summed E-state index contributed by atoms with van der Waals surface area (Å²) in [6.07, 6.45) is 1.28. The number of rotatable bonds is 5. The van der Waals surface area contributed by atoms with E-state index >= 15 is 0 Å². The molecule has 2 aromatic rings. The van der Waals surface area contributed by atoms with Crippen LogP contribution in [0, 0.1) is 5.92 Å². The minimum absolute atomic E-state index is 0.0682. The number of piperazine rings is 1. The Hall–Kier alpha value is -2.54. The van der Waals surface area contributed by atoms with Crippen LogP contribution in [-0.2, 0) is 20.7 Å². The van der Waals surface area contributed by atoms with Crippen molar-refractivity contribution < 1.29 is 19.1 Å². The van der Waals surface area contributed by atoms with Crippen molar-refractivity contribution in [2.45, 2.75) is 71.2 Å². The number of hydrogen-bond acceptors (Lipinski definition) is 4. The molecule has 7 nitrogen and oxygen atoms in total. The maximum atomic E-state index is 13.5. The number of amides is 2. The zero-order valence-corrected chi connectivity index (χ0v) is 19.2. The van der Waals surface area contributed by atoms with E-state index < -0.39 is 12.1 Å². The molecule has 2 N–H and O–H groups in total. The lowest BCUT2D eigenvalue weighted by Crippen LogP contribution is -2.67. The molecular weight excluding hydrogens is 394 g/mol. The summed E-state index contributed by atoms with van der Waals surface area (Å²) < 4.78 is 11.2. The standard InChI is InChI=1S/C24H33N3O4/c1-13(2)9-19-21-16(15-8-7-14(30-6)10-17(15)25-21)11-20-22(28)26-18(23(29)27(19)20)12-31-24(3,4)5/h7-8,10,13,18-20,25H,9,11-12H2,1-6H3,(H,26,28)/t18-,19-,20-/m0/s1. The summed E-state index contributed by atoms with van der Waals surface area (Å²) in [5, 5.41) is 4.00. The van der Waals surface area contributed by atoms with Crippen molar-refractivity contribution in [3.8, 4) is 5.75 Å². The second kappa shape index (κ2) is 7.86. The molecule has 7 heteroatoms. The molecule has 0 aliphatic carbocycles. The van der Waals surface area contributed by atoms with Crippen LogP contribution in [0.15, 0.2) is 18.2 Å². The molecule has 2 amide bonds. The SMILES string of the molecule is COc1ccc2c3c([nH]c2c1)[C@H](CC(C)C)N1C(=O)[C@H](COC(C)(C)C)NC(=O)[C@@H]1C3. The van der Waals surface area contributed by atoms with Crippen molar-refractivity contribution >= 4 is 22.7 Å². The highest BCUT2D eigenvalue weighted by Gasteiger charge is 2.48. The lowest BCUT2D eigenvalue weighted by Gasteiger charge is -2.47.